The molecule has 0 aliphatic carbocycles. The Morgan fingerprint density at radius 3 is 1.18 bits per heavy atom. The summed E-state index contributed by atoms with van der Waals surface area (Å²) in [6.45, 7) is 22.1. The quantitative estimate of drug-likeness (QED) is 0.683. The van der Waals surface area contributed by atoms with E-state index in [-0.39, 0.29) is 0 Å². The molecule has 104 valence electrons. The third kappa shape index (κ3) is 2.85. The molecule has 0 aromatic rings. The summed E-state index contributed by atoms with van der Waals surface area (Å²) in [4.78, 5) is 0. The van der Waals surface area contributed by atoms with Gasteiger partial charge in [0.2, 0.25) is 0 Å². The molecule has 0 N–H and O–H groups in total. The van der Waals surface area contributed by atoms with E-state index in [1.165, 1.54) is 13.1 Å². The van der Waals surface area contributed by atoms with Crippen LogP contribution in [-0.4, -0.2) is 52.8 Å². The molecule has 0 bridgehead atoms. The number of rotatable bonds is 6. The zero-order chi connectivity index (χ0) is 14.1. The van der Waals surface area contributed by atoms with Gasteiger partial charge >= 0.3 is 0 Å². The van der Waals surface area contributed by atoms with Gasteiger partial charge in [-0.25, -0.2) is 0 Å². The topological polar surface area (TPSA) is 6.48 Å². The molecule has 4 heteroatoms. The molecule has 2 nitrogen and oxygen atoms in total. The third-order valence-corrected chi connectivity index (χ3v) is 20.2. The first-order valence-corrected chi connectivity index (χ1v) is 12.8. The molecular formula is C13H34N2Si2. The van der Waals surface area contributed by atoms with Crippen molar-refractivity contribution in [3.63, 3.8) is 0 Å². The lowest BCUT2D eigenvalue weighted by Crippen LogP contribution is -2.67. The van der Waals surface area contributed by atoms with Gasteiger partial charge in [-0.3, -0.25) is 0 Å². The fourth-order valence-corrected chi connectivity index (χ4v) is 13.1. The largest absolute Gasteiger partial charge is 0.326 e. The van der Waals surface area contributed by atoms with Crippen molar-refractivity contribution >= 4 is 16.5 Å². The molecule has 0 saturated heterocycles. The van der Waals surface area contributed by atoms with Gasteiger partial charge in [0.1, 0.15) is 16.5 Å². The van der Waals surface area contributed by atoms with Crippen LogP contribution in [0, 0.1) is 0 Å². The van der Waals surface area contributed by atoms with Crippen molar-refractivity contribution in [2.45, 2.75) is 58.5 Å². The molecule has 0 amide bonds. The highest BCUT2D eigenvalue weighted by Crippen LogP contribution is 2.47. The van der Waals surface area contributed by atoms with E-state index in [4.69, 9.17) is 0 Å². The summed E-state index contributed by atoms with van der Waals surface area (Å²) < 4.78 is 5.73. The van der Waals surface area contributed by atoms with Gasteiger partial charge in [-0.1, -0.05) is 53.9 Å². The van der Waals surface area contributed by atoms with E-state index in [0.29, 0.717) is 4.66 Å². The molecule has 0 saturated carbocycles. The molecule has 0 radical (unpaired) electrons. The smallest absolute Gasteiger partial charge is 0.126 e. The van der Waals surface area contributed by atoms with Crippen molar-refractivity contribution in [3.8, 4) is 0 Å². The second-order valence-electron chi connectivity index (χ2n) is 6.77. The van der Waals surface area contributed by atoms with Gasteiger partial charge in [0.05, 0.1) is 0 Å². The Hall–Kier alpha value is 0.354. The van der Waals surface area contributed by atoms with E-state index in [0.717, 1.165) is 0 Å². The predicted molar refractivity (Wildman–Crippen MR) is 85.6 cm³/mol. The summed E-state index contributed by atoms with van der Waals surface area (Å²) in [6, 6.07) is 0. The van der Waals surface area contributed by atoms with Crippen LogP contribution in [-0.2, 0) is 0 Å². The fourth-order valence-electron chi connectivity index (χ4n) is 2.49. The monoisotopic (exact) mass is 274 g/mol. The zero-order valence-corrected chi connectivity index (χ0v) is 15.8. The Balaban J connectivity index is 5.38. The summed E-state index contributed by atoms with van der Waals surface area (Å²) in [6.07, 6.45) is 0. The molecule has 0 aliphatic rings. The van der Waals surface area contributed by atoms with Crippen molar-refractivity contribution in [2.75, 3.05) is 27.2 Å². The van der Waals surface area contributed by atoms with Crippen LogP contribution in [0.5, 0.6) is 0 Å². The van der Waals surface area contributed by atoms with E-state index in [1.807, 2.05) is 0 Å². The molecule has 0 aliphatic heterocycles. The molecule has 0 rings (SSSR count). The summed E-state index contributed by atoms with van der Waals surface area (Å²) in [5.41, 5.74) is 0. The maximum Gasteiger partial charge on any atom is 0.126 e. The van der Waals surface area contributed by atoms with E-state index in [9.17, 15) is 0 Å². The van der Waals surface area contributed by atoms with E-state index >= 15 is 0 Å². The molecule has 0 fully saturated rings. The fraction of sp³-hybridized carbons (Fsp3) is 1.00. The lowest BCUT2D eigenvalue weighted by Gasteiger charge is -2.55. The maximum absolute atomic E-state index is 2.63. The average molecular weight is 275 g/mol. The predicted octanol–water partition coefficient (Wildman–Crippen LogP) is 3.62. The van der Waals surface area contributed by atoms with Crippen molar-refractivity contribution in [1.82, 2.24) is 9.13 Å². The van der Waals surface area contributed by atoms with Gasteiger partial charge in [0.15, 0.2) is 0 Å². The standard InChI is InChI=1S/C13H34N2Si2/c1-11-14(5)16(7,8)13(3,4)17(9,10)15(6)12-2/h11-12H2,1-10H3. The maximum atomic E-state index is 2.63. The third-order valence-electron chi connectivity index (χ3n) is 5.92. The number of nitrogens with zero attached hydrogens (tertiary/aromatic N) is 2. The minimum absolute atomic E-state index is 0.468. The first kappa shape index (κ1) is 17.4. The molecule has 0 aromatic carbocycles. The Labute approximate surface area is 112 Å². The highest BCUT2D eigenvalue weighted by atomic mass is 28.4. The minimum Gasteiger partial charge on any atom is -0.326 e. The van der Waals surface area contributed by atoms with Crippen LogP contribution < -0.4 is 0 Å². The van der Waals surface area contributed by atoms with Gasteiger partial charge < -0.3 is 9.13 Å². The first-order valence-electron chi connectivity index (χ1n) is 6.89. The highest BCUT2D eigenvalue weighted by molar-refractivity contribution is 6.97. The normalized spacial score (nSPS) is 14.8. The second-order valence-corrected chi connectivity index (χ2v) is 17.5. The van der Waals surface area contributed by atoms with Gasteiger partial charge in [-0.2, -0.15) is 0 Å². The molecule has 17 heavy (non-hydrogen) atoms. The van der Waals surface area contributed by atoms with Crippen molar-refractivity contribution in [2.24, 2.45) is 0 Å². The first-order chi connectivity index (χ1) is 7.46. The van der Waals surface area contributed by atoms with Gasteiger partial charge in [-0.05, 0) is 31.8 Å². The minimum atomic E-state index is -1.40. The summed E-state index contributed by atoms with van der Waals surface area (Å²) >= 11 is 0. The van der Waals surface area contributed by atoms with Crippen LogP contribution >= 0.6 is 0 Å². The van der Waals surface area contributed by atoms with Crippen molar-refractivity contribution in [3.05, 3.63) is 0 Å². The van der Waals surface area contributed by atoms with Crippen LogP contribution in [0.15, 0.2) is 0 Å². The van der Waals surface area contributed by atoms with Crippen molar-refractivity contribution < 1.29 is 0 Å². The highest BCUT2D eigenvalue weighted by Gasteiger charge is 2.54. The second kappa shape index (κ2) is 5.55. The summed E-state index contributed by atoms with van der Waals surface area (Å²) in [7, 11) is 1.83. The molecule has 0 aromatic heterocycles. The SMILES string of the molecule is CCN(C)[Si](C)(C)C(C)(C)[Si](C)(C)N(C)CC. The van der Waals surface area contributed by atoms with E-state index in [1.54, 1.807) is 0 Å². The average Bonchev–Trinajstić information content (AvgIpc) is 2.25. The van der Waals surface area contributed by atoms with E-state index < -0.39 is 16.5 Å². The molecule has 0 spiro atoms. The molecule has 0 atom stereocenters. The lowest BCUT2D eigenvalue weighted by molar-refractivity contribution is 0.477. The van der Waals surface area contributed by atoms with Crippen LogP contribution in [0.4, 0.5) is 0 Å². The molecule has 0 unspecified atom stereocenters. The molecular weight excluding hydrogens is 240 g/mol. The van der Waals surface area contributed by atoms with Crippen LogP contribution in [0.1, 0.15) is 27.7 Å². The zero-order valence-electron chi connectivity index (χ0n) is 13.8. The van der Waals surface area contributed by atoms with Gasteiger partial charge in [-0.15, -0.1) is 0 Å². The molecule has 0 heterocycles. The lowest BCUT2D eigenvalue weighted by atomic mass is 10.5. The summed E-state index contributed by atoms with van der Waals surface area (Å²) in [5.74, 6) is 0. The van der Waals surface area contributed by atoms with Crippen LogP contribution in [0.2, 0.25) is 30.8 Å². The Morgan fingerprint density at radius 2 is 1.00 bits per heavy atom. The number of hydrogen-bond acceptors (Lipinski definition) is 2. The van der Waals surface area contributed by atoms with Crippen LogP contribution in [0.25, 0.3) is 0 Å². The Kier molecular flexibility index (Phi) is 5.67. The van der Waals surface area contributed by atoms with Gasteiger partial charge in [0.25, 0.3) is 0 Å². The Morgan fingerprint density at radius 1 is 0.765 bits per heavy atom. The number of hydrogen-bond donors (Lipinski definition) is 0. The Bertz CT molecular complexity index is 226. The van der Waals surface area contributed by atoms with Gasteiger partial charge in [0, 0.05) is 0 Å². The van der Waals surface area contributed by atoms with Crippen LogP contribution in [0.3, 0.4) is 0 Å². The van der Waals surface area contributed by atoms with E-state index in [2.05, 4.69) is 77.1 Å². The summed E-state index contributed by atoms with van der Waals surface area (Å²) in [5, 5.41) is 0. The van der Waals surface area contributed by atoms with Crippen molar-refractivity contribution in [1.29, 1.82) is 0 Å².